The molecule has 0 aliphatic carbocycles. The van der Waals surface area contributed by atoms with Gasteiger partial charge in [0.25, 0.3) is 0 Å². The molecule has 0 saturated carbocycles. The van der Waals surface area contributed by atoms with Crippen LogP contribution in [0.4, 0.5) is 0 Å². The molecule has 1 aliphatic rings. The fourth-order valence-corrected chi connectivity index (χ4v) is 1.65. The lowest BCUT2D eigenvalue weighted by atomic mass is 10.0. The molecule has 0 bridgehead atoms. The molecule has 3 heteroatoms. The largest absolute Gasteiger partial charge is 0.497 e. The molecule has 71 valence electrons. The van der Waals surface area contributed by atoms with Crippen molar-refractivity contribution >= 4 is 23.3 Å². The van der Waals surface area contributed by atoms with Crippen LogP contribution in [-0.2, 0) is 6.42 Å². The van der Waals surface area contributed by atoms with Crippen molar-refractivity contribution in [2.75, 3.05) is 7.11 Å². The molecular formula is C11H10NOS. The minimum Gasteiger partial charge on any atom is -0.497 e. The molecule has 0 atom stereocenters. The van der Waals surface area contributed by atoms with Crippen LogP contribution in [0.2, 0.25) is 0 Å². The maximum atomic E-state index is 5.16. The van der Waals surface area contributed by atoms with E-state index in [2.05, 4.69) is 5.32 Å². The molecule has 1 aliphatic heterocycles. The Morgan fingerprint density at radius 3 is 3.07 bits per heavy atom. The lowest BCUT2D eigenvalue weighted by Gasteiger charge is -2.06. The predicted octanol–water partition coefficient (Wildman–Crippen LogP) is 2.15. The van der Waals surface area contributed by atoms with E-state index >= 15 is 0 Å². The summed E-state index contributed by atoms with van der Waals surface area (Å²) in [5, 5.41) is 4.10. The smallest absolute Gasteiger partial charge is 0.119 e. The summed E-state index contributed by atoms with van der Waals surface area (Å²) in [4.78, 5) is 0.716. The number of hydrogen-bond donors (Lipinski definition) is 0. The van der Waals surface area contributed by atoms with Crippen LogP contribution in [0.5, 0.6) is 5.75 Å². The second kappa shape index (κ2) is 3.80. The maximum Gasteiger partial charge on any atom is 0.119 e. The van der Waals surface area contributed by atoms with Gasteiger partial charge in [-0.2, -0.15) is 0 Å². The topological polar surface area (TPSA) is 23.3 Å². The number of fused-ring (bicyclic) bond motifs is 1. The zero-order valence-electron chi connectivity index (χ0n) is 7.86. The predicted molar refractivity (Wildman–Crippen MR) is 60.5 cm³/mol. The van der Waals surface area contributed by atoms with Crippen LogP contribution >= 0.6 is 12.2 Å². The number of hydrogen-bond acceptors (Lipinski definition) is 2. The van der Waals surface area contributed by atoms with Crippen molar-refractivity contribution in [3.8, 4) is 5.75 Å². The van der Waals surface area contributed by atoms with E-state index in [4.69, 9.17) is 17.0 Å². The highest BCUT2D eigenvalue weighted by Crippen LogP contribution is 2.21. The molecule has 1 aromatic rings. The fourth-order valence-electron chi connectivity index (χ4n) is 1.43. The summed E-state index contributed by atoms with van der Waals surface area (Å²) in [6.45, 7) is 0. The number of ether oxygens (including phenoxy) is 1. The molecule has 0 spiro atoms. The summed E-state index contributed by atoms with van der Waals surface area (Å²) in [7, 11) is 1.66. The molecule has 0 amide bonds. The molecule has 1 radical (unpaired) electrons. The SMILES string of the molecule is COc1ccc2c(c1)CC(=S)[N]C=C2. The Morgan fingerprint density at radius 1 is 1.43 bits per heavy atom. The van der Waals surface area contributed by atoms with Crippen LogP contribution in [0, 0.1) is 0 Å². The van der Waals surface area contributed by atoms with Crippen molar-refractivity contribution in [2.45, 2.75) is 6.42 Å². The maximum absolute atomic E-state index is 5.16. The van der Waals surface area contributed by atoms with Gasteiger partial charge in [-0.3, -0.25) is 0 Å². The highest BCUT2D eigenvalue weighted by atomic mass is 32.1. The Bertz CT molecular complexity index is 398. The van der Waals surface area contributed by atoms with E-state index in [1.165, 1.54) is 5.56 Å². The van der Waals surface area contributed by atoms with Gasteiger partial charge in [-0.15, -0.1) is 0 Å². The first-order valence-electron chi connectivity index (χ1n) is 4.37. The van der Waals surface area contributed by atoms with E-state index in [-0.39, 0.29) is 0 Å². The summed E-state index contributed by atoms with van der Waals surface area (Å²) in [6, 6.07) is 5.97. The van der Waals surface area contributed by atoms with Gasteiger partial charge in [0, 0.05) is 12.6 Å². The van der Waals surface area contributed by atoms with Crippen LogP contribution in [0.15, 0.2) is 24.4 Å². The molecule has 1 aromatic carbocycles. The third-order valence-electron chi connectivity index (χ3n) is 2.16. The summed E-state index contributed by atoms with van der Waals surface area (Å²) in [5.41, 5.74) is 2.33. The molecule has 0 N–H and O–H groups in total. The van der Waals surface area contributed by atoms with Gasteiger partial charge in [-0.05, 0) is 29.3 Å². The minimum atomic E-state index is 0.716. The first-order chi connectivity index (χ1) is 6.79. The van der Waals surface area contributed by atoms with Gasteiger partial charge >= 0.3 is 0 Å². The van der Waals surface area contributed by atoms with Crippen LogP contribution < -0.4 is 10.1 Å². The van der Waals surface area contributed by atoms with Gasteiger partial charge in [-0.25, -0.2) is 5.32 Å². The quantitative estimate of drug-likeness (QED) is 0.654. The van der Waals surface area contributed by atoms with Gasteiger partial charge in [0.05, 0.1) is 7.11 Å². The molecular weight excluding hydrogens is 194 g/mol. The first-order valence-corrected chi connectivity index (χ1v) is 4.77. The van der Waals surface area contributed by atoms with Gasteiger partial charge in [0.15, 0.2) is 0 Å². The summed E-state index contributed by atoms with van der Waals surface area (Å²) >= 11 is 5.09. The molecule has 2 nitrogen and oxygen atoms in total. The van der Waals surface area contributed by atoms with Crippen LogP contribution in [0.3, 0.4) is 0 Å². The third kappa shape index (κ3) is 1.77. The van der Waals surface area contributed by atoms with Crippen LogP contribution in [-0.4, -0.2) is 12.1 Å². The van der Waals surface area contributed by atoms with E-state index in [1.54, 1.807) is 13.3 Å². The minimum absolute atomic E-state index is 0.716. The van der Waals surface area contributed by atoms with E-state index < -0.39 is 0 Å². The van der Waals surface area contributed by atoms with E-state index in [0.29, 0.717) is 4.99 Å². The zero-order valence-corrected chi connectivity index (χ0v) is 8.67. The first kappa shape index (κ1) is 9.21. The van der Waals surface area contributed by atoms with E-state index in [1.807, 2.05) is 24.3 Å². The number of rotatable bonds is 1. The number of methoxy groups -OCH3 is 1. The highest BCUT2D eigenvalue weighted by Gasteiger charge is 2.08. The Kier molecular flexibility index (Phi) is 2.50. The van der Waals surface area contributed by atoms with Crippen molar-refractivity contribution in [2.24, 2.45) is 0 Å². The standard InChI is InChI=1S/C11H10NOS/c1-13-10-3-2-8-4-5-12-11(14)7-9(8)6-10/h2-6H,7H2,1H3. The Morgan fingerprint density at radius 2 is 2.29 bits per heavy atom. The highest BCUT2D eigenvalue weighted by molar-refractivity contribution is 7.80. The molecule has 0 saturated heterocycles. The Balaban J connectivity index is 2.44. The lowest BCUT2D eigenvalue weighted by Crippen LogP contribution is -2.08. The fraction of sp³-hybridized carbons (Fsp3) is 0.182. The van der Waals surface area contributed by atoms with Gasteiger partial charge in [0.1, 0.15) is 10.7 Å². The average molecular weight is 204 g/mol. The molecule has 0 fully saturated rings. The van der Waals surface area contributed by atoms with Crippen molar-refractivity contribution in [3.05, 3.63) is 35.5 Å². The zero-order chi connectivity index (χ0) is 9.97. The molecule has 0 aromatic heterocycles. The summed E-state index contributed by atoms with van der Waals surface area (Å²) < 4.78 is 5.16. The molecule has 1 heterocycles. The summed E-state index contributed by atoms with van der Waals surface area (Å²) in [6.07, 6.45) is 4.43. The normalized spacial score (nSPS) is 14.2. The molecule has 14 heavy (non-hydrogen) atoms. The van der Waals surface area contributed by atoms with E-state index in [9.17, 15) is 0 Å². The number of benzene rings is 1. The van der Waals surface area contributed by atoms with Crippen LogP contribution in [0.25, 0.3) is 6.08 Å². The summed E-state index contributed by atoms with van der Waals surface area (Å²) in [5.74, 6) is 0.863. The Hall–Kier alpha value is -1.35. The monoisotopic (exact) mass is 204 g/mol. The van der Waals surface area contributed by atoms with Crippen molar-refractivity contribution in [1.82, 2.24) is 5.32 Å². The number of nitrogens with zero attached hydrogens (tertiary/aromatic N) is 1. The lowest BCUT2D eigenvalue weighted by molar-refractivity contribution is 0.414. The average Bonchev–Trinajstić information content (AvgIpc) is 2.37. The van der Waals surface area contributed by atoms with Crippen molar-refractivity contribution in [3.63, 3.8) is 0 Å². The van der Waals surface area contributed by atoms with Gasteiger partial charge in [-0.1, -0.05) is 18.3 Å². The van der Waals surface area contributed by atoms with E-state index in [0.717, 1.165) is 17.7 Å². The van der Waals surface area contributed by atoms with Crippen molar-refractivity contribution < 1.29 is 4.74 Å². The Labute approximate surface area is 88.6 Å². The molecule has 0 unspecified atom stereocenters. The van der Waals surface area contributed by atoms with Gasteiger partial charge in [0.2, 0.25) is 0 Å². The second-order valence-corrected chi connectivity index (χ2v) is 3.55. The third-order valence-corrected chi connectivity index (χ3v) is 2.41. The molecule has 2 rings (SSSR count). The van der Waals surface area contributed by atoms with Crippen molar-refractivity contribution in [1.29, 1.82) is 0 Å². The number of thiocarbonyl (C=S) groups is 1. The second-order valence-electron chi connectivity index (χ2n) is 3.08. The van der Waals surface area contributed by atoms with Gasteiger partial charge < -0.3 is 4.74 Å². The van der Waals surface area contributed by atoms with Crippen LogP contribution in [0.1, 0.15) is 11.1 Å².